The van der Waals surface area contributed by atoms with Gasteiger partial charge >= 0.3 is 0 Å². The third-order valence-electron chi connectivity index (χ3n) is 2.68. The molecule has 5 nitrogen and oxygen atoms in total. The number of hydrazine groups is 1. The highest BCUT2D eigenvalue weighted by atomic mass is 16.2. The second-order valence-corrected chi connectivity index (χ2v) is 4.20. The zero-order valence-electron chi connectivity index (χ0n) is 10.3. The summed E-state index contributed by atoms with van der Waals surface area (Å²) in [6.45, 7) is 1.68. The number of amides is 1. The molecule has 5 heteroatoms. The van der Waals surface area contributed by atoms with Crippen molar-refractivity contribution in [2.45, 2.75) is 19.3 Å². The average Bonchev–Trinajstić information content (AvgIpc) is 2.66. The maximum atomic E-state index is 11.7. The van der Waals surface area contributed by atoms with Crippen molar-refractivity contribution in [3.8, 4) is 0 Å². The summed E-state index contributed by atoms with van der Waals surface area (Å²) in [7, 11) is 0. The van der Waals surface area contributed by atoms with Crippen molar-refractivity contribution in [2.24, 2.45) is 4.99 Å². The number of carbonyl (C=O) groups excluding carboxylic acids is 1. The fraction of sp³-hybridized carbons (Fsp3) is 0.385. The van der Waals surface area contributed by atoms with Gasteiger partial charge in [-0.1, -0.05) is 30.3 Å². The molecule has 0 bridgehead atoms. The molecule has 0 radical (unpaired) electrons. The minimum Gasteiger partial charge on any atom is -0.355 e. The van der Waals surface area contributed by atoms with E-state index in [1.165, 1.54) is 0 Å². The van der Waals surface area contributed by atoms with Crippen molar-refractivity contribution >= 4 is 11.9 Å². The predicted molar refractivity (Wildman–Crippen MR) is 71.0 cm³/mol. The van der Waals surface area contributed by atoms with Crippen LogP contribution in [0.5, 0.6) is 0 Å². The van der Waals surface area contributed by atoms with Crippen LogP contribution >= 0.6 is 0 Å². The summed E-state index contributed by atoms with van der Waals surface area (Å²) in [6.07, 6.45) is 2.55. The first-order chi connectivity index (χ1) is 8.84. The van der Waals surface area contributed by atoms with E-state index in [2.05, 4.69) is 21.2 Å². The molecule has 1 amide bonds. The van der Waals surface area contributed by atoms with E-state index in [1.807, 2.05) is 30.3 Å². The number of benzene rings is 1. The molecule has 3 N–H and O–H groups in total. The number of guanidine groups is 1. The number of rotatable bonds is 2. The molecule has 0 atom stereocenters. The Morgan fingerprint density at radius 3 is 2.94 bits per heavy atom. The second-order valence-electron chi connectivity index (χ2n) is 4.20. The van der Waals surface area contributed by atoms with Crippen LogP contribution in [-0.2, 0) is 11.2 Å². The molecule has 18 heavy (non-hydrogen) atoms. The molecule has 96 valence electrons. The van der Waals surface area contributed by atoms with E-state index < -0.39 is 0 Å². The van der Waals surface area contributed by atoms with Crippen LogP contribution < -0.4 is 16.2 Å². The predicted octanol–water partition coefficient (Wildman–Crippen LogP) is 0.589. The fourth-order valence-electron chi connectivity index (χ4n) is 1.73. The van der Waals surface area contributed by atoms with E-state index in [-0.39, 0.29) is 5.91 Å². The molecule has 0 aromatic heterocycles. The molecule has 0 fully saturated rings. The number of nitrogens with one attached hydrogen (secondary N) is 3. The molecular formula is C13H18N4O. The van der Waals surface area contributed by atoms with Crippen LogP contribution in [0.2, 0.25) is 0 Å². The van der Waals surface area contributed by atoms with Crippen molar-refractivity contribution in [2.75, 3.05) is 13.1 Å². The van der Waals surface area contributed by atoms with Gasteiger partial charge in [0.25, 0.3) is 0 Å². The summed E-state index contributed by atoms with van der Waals surface area (Å²) >= 11 is 0. The van der Waals surface area contributed by atoms with Crippen molar-refractivity contribution in [1.82, 2.24) is 16.2 Å². The van der Waals surface area contributed by atoms with E-state index >= 15 is 0 Å². The second kappa shape index (κ2) is 6.64. The Bertz CT molecular complexity index is 416. The summed E-state index contributed by atoms with van der Waals surface area (Å²) in [6, 6.07) is 9.64. The highest BCUT2D eigenvalue weighted by Crippen LogP contribution is 1.98. The lowest BCUT2D eigenvalue weighted by molar-refractivity contribution is -0.121. The molecule has 1 aliphatic rings. The number of carbonyl (C=O) groups is 1. The molecule has 1 aromatic rings. The van der Waals surface area contributed by atoms with Crippen molar-refractivity contribution in [1.29, 1.82) is 0 Å². The van der Waals surface area contributed by atoms with Crippen LogP contribution in [0.25, 0.3) is 0 Å². The van der Waals surface area contributed by atoms with Gasteiger partial charge in [0.2, 0.25) is 11.9 Å². The van der Waals surface area contributed by atoms with Gasteiger partial charge in [-0.2, -0.15) is 0 Å². The summed E-state index contributed by atoms with van der Waals surface area (Å²) in [5, 5.41) is 3.12. The lowest BCUT2D eigenvalue weighted by Gasteiger charge is -2.11. The largest absolute Gasteiger partial charge is 0.355 e. The summed E-state index contributed by atoms with van der Waals surface area (Å²) < 4.78 is 0. The molecular weight excluding hydrogens is 228 g/mol. The Morgan fingerprint density at radius 2 is 2.11 bits per heavy atom. The van der Waals surface area contributed by atoms with E-state index in [4.69, 9.17) is 0 Å². The van der Waals surface area contributed by atoms with Crippen LogP contribution in [0.3, 0.4) is 0 Å². The number of aliphatic imine (C=N–C) groups is 1. The topological polar surface area (TPSA) is 65.5 Å². The Hall–Kier alpha value is -2.04. The van der Waals surface area contributed by atoms with Crippen molar-refractivity contribution in [3.63, 3.8) is 0 Å². The van der Waals surface area contributed by atoms with Gasteiger partial charge in [-0.05, 0) is 18.4 Å². The van der Waals surface area contributed by atoms with Crippen molar-refractivity contribution < 1.29 is 4.79 Å². The Balaban J connectivity index is 1.76. The van der Waals surface area contributed by atoms with Gasteiger partial charge in [0.15, 0.2) is 0 Å². The van der Waals surface area contributed by atoms with Gasteiger partial charge in [-0.15, -0.1) is 0 Å². The molecule has 1 heterocycles. The highest BCUT2D eigenvalue weighted by Gasteiger charge is 2.05. The van der Waals surface area contributed by atoms with Crippen LogP contribution in [0.4, 0.5) is 0 Å². The zero-order valence-corrected chi connectivity index (χ0v) is 10.3. The van der Waals surface area contributed by atoms with Gasteiger partial charge in [-0.25, -0.2) is 0 Å². The molecule has 0 unspecified atom stereocenters. The summed E-state index contributed by atoms with van der Waals surface area (Å²) in [5.41, 5.74) is 6.46. The molecule has 0 spiro atoms. The first kappa shape index (κ1) is 12.4. The first-order valence-corrected chi connectivity index (χ1v) is 6.22. The quantitative estimate of drug-likeness (QED) is 0.669. The van der Waals surface area contributed by atoms with E-state index in [9.17, 15) is 4.79 Å². The van der Waals surface area contributed by atoms with E-state index in [0.717, 1.165) is 31.5 Å². The number of hydrogen-bond donors (Lipinski definition) is 3. The van der Waals surface area contributed by atoms with Crippen LogP contribution in [0, 0.1) is 0 Å². The minimum absolute atomic E-state index is 0.0741. The maximum absolute atomic E-state index is 11.7. The lowest BCUT2D eigenvalue weighted by Crippen LogP contribution is -2.48. The molecule has 0 saturated carbocycles. The lowest BCUT2D eigenvalue weighted by atomic mass is 10.1. The highest BCUT2D eigenvalue weighted by molar-refractivity contribution is 5.85. The van der Waals surface area contributed by atoms with Gasteiger partial charge in [-0.3, -0.25) is 20.6 Å². The van der Waals surface area contributed by atoms with Gasteiger partial charge in [0.05, 0.1) is 6.42 Å². The third kappa shape index (κ3) is 4.08. The Labute approximate surface area is 107 Å². The first-order valence-electron chi connectivity index (χ1n) is 6.22. The van der Waals surface area contributed by atoms with Gasteiger partial charge in [0, 0.05) is 13.1 Å². The summed E-state index contributed by atoms with van der Waals surface area (Å²) in [5.74, 6) is 0.573. The van der Waals surface area contributed by atoms with Crippen LogP contribution in [0.15, 0.2) is 35.3 Å². The zero-order chi connectivity index (χ0) is 12.6. The average molecular weight is 246 g/mol. The molecule has 2 rings (SSSR count). The monoisotopic (exact) mass is 246 g/mol. The van der Waals surface area contributed by atoms with Crippen molar-refractivity contribution in [3.05, 3.63) is 35.9 Å². The van der Waals surface area contributed by atoms with E-state index in [1.54, 1.807) is 0 Å². The maximum Gasteiger partial charge on any atom is 0.242 e. The SMILES string of the molecule is O=C(Cc1ccccc1)NNC1=NCCCCN1. The fourth-order valence-corrected chi connectivity index (χ4v) is 1.73. The molecule has 1 aromatic carbocycles. The normalized spacial score (nSPS) is 15.0. The van der Waals surface area contributed by atoms with Crippen LogP contribution in [0.1, 0.15) is 18.4 Å². The third-order valence-corrected chi connectivity index (χ3v) is 2.68. The molecule has 0 aliphatic carbocycles. The van der Waals surface area contributed by atoms with Crippen LogP contribution in [-0.4, -0.2) is 25.0 Å². The number of hydrogen-bond acceptors (Lipinski definition) is 4. The van der Waals surface area contributed by atoms with E-state index in [0.29, 0.717) is 12.4 Å². The molecule has 0 saturated heterocycles. The standard InChI is InChI=1S/C13H18N4O/c18-12(10-11-6-2-1-3-7-11)16-17-13-14-8-4-5-9-15-13/h1-3,6-7H,4-5,8-10H2,(H,16,18)(H2,14,15,17). The Morgan fingerprint density at radius 1 is 1.28 bits per heavy atom. The summed E-state index contributed by atoms with van der Waals surface area (Å²) in [4.78, 5) is 16.0. The Kier molecular flexibility index (Phi) is 4.58. The minimum atomic E-state index is -0.0741. The number of nitrogens with zero attached hydrogens (tertiary/aromatic N) is 1. The molecule has 1 aliphatic heterocycles. The smallest absolute Gasteiger partial charge is 0.242 e. The van der Waals surface area contributed by atoms with Gasteiger partial charge in [0.1, 0.15) is 0 Å². The van der Waals surface area contributed by atoms with Gasteiger partial charge < -0.3 is 5.32 Å².